The summed E-state index contributed by atoms with van der Waals surface area (Å²) in [4.78, 5) is 0. The molecule has 2 nitrogen and oxygen atoms in total. The van der Waals surface area contributed by atoms with Gasteiger partial charge in [0.1, 0.15) is 0 Å². The first-order valence-electron chi connectivity index (χ1n) is 3.56. The molecule has 0 spiro atoms. The molecule has 7 heteroatoms. The van der Waals surface area contributed by atoms with Gasteiger partial charge in [-0.3, -0.25) is 5.84 Å². The molecule has 0 aromatic rings. The summed E-state index contributed by atoms with van der Waals surface area (Å²) >= 11 is 0. The van der Waals surface area contributed by atoms with Crippen LogP contribution in [0.5, 0.6) is 0 Å². The molecule has 0 bridgehead atoms. The SMILES string of the molecule is Cl.Cl.NN1CCC(C(F)(F)F)CC1. The molecule has 0 amide bonds. The third-order valence-corrected chi connectivity index (χ3v) is 1.99. The number of piperidine rings is 1. The van der Waals surface area contributed by atoms with Gasteiger partial charge in [0.2, 0.25) is 0 Å². The molecule has 0 aliphatic carbocycles. The van der Waals surface area contributed by atoms with Crippen LogP contribution >= 0.6 is 24.8 Å². The van der Waals surface area contributed by atoms with E-state index in [4.69, 9.17) is 5.84 Å². The topological polar surface area (TPSA) is 29.3 Å². The van der Waals surface area contributed by atoms with Gasteiger partial charge in [0.05, 0.1) is 5.92 Å². The van der Waals surface area contributed by atoms with E-state index < -0.39 is 12.1 Å². The molecule has 1 fully saturated rings. The van der Waals surface area contributed by atoms with E-state index in [9.17, 15) is 13.2 Å². The van der Waals surface area contributed by atoms with Gasteiger partial charge in [-0.25, -0.2) is 5.01 Å². The van der Waals surface area contributed by atoms with Crippen LogP contribution in [0.2, 0.25) is 0 Å². The molecule has 0 atom stereocenters. The minimum atomic E-state index is -4.03. The second kappa shape index (κ2) is 5.90. The Hall–Kier alpha value is 0.290. The molecule has 0 aromatic carbocycles. The van der Waals surface area contributed by atoms with Crippen molar-refractivity contribution in [2.75, 3.05) is 13.1 Å². The Bertz CT molecular complexity index is 134. The second-order valence-electron chi connectivity index (χ2n) is 2.85. The lowest BCUT2D eigenvalue weighted by molar-refractivity contribution is -0.185. The molecule has 82 valence electrons. The lowest BCUT2D eigenvalue weighted by Gasteiger charge is -2.29. The van der Waals surface area contributed by atoms with Crippen LogP contribution in [0.3, 0.4) is 0 Å². The van der Waals surface area contributed by atoms with E-state index >= 15 is 0 Å². The Kier molecular flexibility index (Phi) is 7.15. The fourth-order valence-electron chi connectivity index (χ4n) is 1.23. The van der Waals surface area contributed by atoms with Gasteiger partial charge in [0.15, 0.2) is 0 Å². The maximum Gasteiger partial charge on any atom is 0.391 e. The van der Waals surface area contributed by atoms with Crippen LogP contribution in [0, 0.1) is 5.92 Å². The second-order valence-corrected chi connectivity index (χ2v) is 2.85. The van der Waals surface area contributed by atoms with Crippen molar-refractivity contribution in [2.24, 2.45) is 11.8 Å². The first-order valence-corrected chi connectivity index (χ1v) is 3.56. The number of nitrogens with zero attached hydrogens (tertiary/aromatic N) is 1. The number of hydrazine groups is 1. The highest BCUT2D eigenvalue weighted by Crippen LogP contribution is 2.33. The molecule has 0 radical (unpaired) electrons. The van der Waals surface area contributed by atoms with Crippen LogP contribution in [0.15, 0.2) is 0 Å². The Morgan fingerprint density at radius 3 is 1.77 bits per heavy atom. The predicted octanol–water partition coefficient (Wildman–Crippen LogP) is 1.98. The lowest BCUT2D eigenvalue weighted by atomic mass is 9.97. The monoisotopic (exact) mass is 240 g/mol. The summed E-state index contributed by atoms with van der Waals surface area (Å²) in [6.07, 6.45) is -3.75. The van der Waals surface area contributed by atoms with Crippen molar-refractivity contribution in [1.82, 2.24) is 5.01 Å². The fourth-order valence-corrected chi connectivity index (χ4v) is 1.23. The predicted molar refractivity (Wildman–Crippen MR) is 49.0 cm³/mol. The van der Waals surface area contributed by atoms with Gasteiger partial charge in [-0.2, -0.15) is 13.2 Å². The summed E-state index contributed by atoms with van der Waals surface area (Å²) in [5.74, 6) is 4.17. The fraction of sp³-hybridized carbons (Fsp3) is 1.00. The van der Waals surface area contributed by atoms with Crippen LogP contribution < -0.4 is 5.84 Å². The number of halogens is 5. The van der Waals surface area contributed by atoms with E-state index in [0.717, 1.165) is 0 Å². The van der Waals surface area contributed by atoms with Gasteiger partial charge >= 0.3 is 6.18 Å². The Balaban J connectivity index is 0. The average molecular weight is 241 g/mol. The standard InChI is InChI=1S/C6H11F3N2.2ClH/c7-6(8,9)5-1-3-11(10)4-2-5;;/h5H,1-4,10H2;2*1H. The molecule has 0 aromatic heterocycles. The Morgan fingerprint density at radius 1 is 1.08 bits per heavy atom. The van der Waals surface area contributed by atoms with Gasteiger partial charge < -0.3 is 0 Å². The summed E-state index contributed by atoms with van der Waals surface area (Å²) < 4.78 is 36.0. The van der Waals surface area contributed by atoms with Crippen molar-refractivity contribution in [1.29, 1.82) is 0 Å². The maximum absolute atomic E-state index is 12.0. The molecule has 2 N–H and O–H groups in total. The average Bonchev–Trinajstić information content (AvgIpc) is 1.86. The molecule has 1 rings (SSSR count). The van der Waals surface area contributed by atoms with Crippen molar-refractivity contribution in [3.63, 3.8) is 0 Å². The van der Waals surface area contributed by atoms with Gasteiger partial charge in [-0.15, -0.1) is 24.8 Å². The molecule has 1 aliphatic rings. The molecule has 13 heavy (non-hydrogen) atoms. The third kappa shape index (κ3) is 4.90. The van der Waals surface area contributed by atoms with E-state index in [1.54, 1.807) is 0 Å². The van der Waals surface area contributed by atoms with E-state index in [0.29, 0.717) is 13.1 Å². The summed E-state index contributed by atoms with van der Waals surface area (Å²) in [5, 5.41) is 1.43. The highest BCUT2D eigenvalue weighted by Gasteiger charge is 2.40. The minimum Gasteiger partial charge on any atom is -0.269 e. The van der Waals surface area contributed by atoms with Crippen molar-refractivity contribution < 1.29 is 13.2 Å². The highest BCUT2D eigenvalue weighted by molar-refractivity contribution is 5.85. The zero-order valence-electron chi connectivity index (χ0n) is 6.88. The number of rotatable bonds is 0. The van der Waals surface area contributed by atoms with Crippen molar-refractivity contribution in [3.05, 3.63) is 0 Å². The molecule has 1 aliphatic heterocycles. The number of nitrogens with two attached hydrogens (primary N) is 1. The van der Waals surface area contributed by atoms with Crippen LogP contribution in [0.4, 0.5) is 13.2 Å². The van der Waals surface area contributed by atoms with Gasteiger partial charge in [0, 0.05) is 13.1 Å². The first-order chi connectivity index (χ1) is 5.00. The molecule has 1 saturated heterocycles. The highest BCUT2D eigenvalue weighted by atomic mass is 35.5. The number of hydrogen-bond donors (Lipinski definition) is 1. The number of alkyl halides is 3. The molecular weight excluding hydrogens is 228 g/mol. The Morgan fingerprint density at radius 2 is 1.46 bits per heavy atom. The Labute approximate surface area is 87.4 Å². The molecular formula is C6H13Cl2F3N2. The summed E-state index contributed by atoms with van der Waals surface area (Å²) in [6, 6.07) is 0. The van der Waals surface area contributed by atoms with Gasteiger partial charge in [-0.1, -0.05) is 0 Å². The summed E-state index contributed by atoms with van der Waals surface area (Å²) in [5.41, 5.74) is 0. The minimum absolute atomic E-state index is 0. The van der Waals surface area contributed by atoms with E-state index in [-0.39, 0.29) is 37.7 Å². The van der Waals surface area contributed by atoms with Gasteiger partial charge in [-0.05, 0) is 12.8 Å². The number of hydrogen-bond acceptors (Lipinski definition) is 2. The smallest absolute Gasteiger partial charge is 0.269 e. The van der Waals surface area contributed by atoms with E-state index in [1.165, 1.54) is 5.01 Å². The molecule has 0 unspecified atom stereocenters. The van der Waals surface area contributed by atoms with Crippen LogP contribution in [-0.4, -0.2) is 24.3 Å². The van der Waals surface area contributed by atoms with Crippen molar-refractivity contribution in [2.45, 2.75) is 19.0 Å². The summed E-state index contributed by atoms with van der Waals surface area (Å²) in [7, 11) is 0. The lowest BCUT2D eigenvalue weighted by Crippen LogP contribution is -2.42. The van der Waals surface area contributed by atoms with E-state index in [1.807, 2.05) is 0 Å². The van der Waals surface area contributed by atoms with Crippen LogP contribution in [0.1, 0.15) is 12.8 Å². The quantitative estimate of drug-likeness (QED) is 0.657. The van der Waals surface area contributed by atoms with Crippen molar-refractivity contribution >= 4 is 24.8 Å². The summed E-state index contributed by atoms with van der Waals surface area (Å²) in [6.45, 7) is 0.703. The first kappa shape index (κ1) is 15.7. The normalized spacial score (nSPS) is 20.3. The molecule has 0 saturated carbocycles. The zero-order chi connectivity index (χ0) is 8.48. The van der Waals surface area contributed by atoms with Gasteiger partial charge in [0.25, 0.3) is 0 Å². The van der Waals surface area contributed by atoms with Crippen LogP contribution in [0.25, 0.3) is 0 Å². The van der Waals surface area contributed by atoms with E-state index in [2.05, 4.69) is 0 Å². The maximum atomic E-state index is 12.0. The molecule has 1 heterocycles. The van der Waals surface area contributed by atoms with Crippen LogP contribution in [-0.2, 0) is 0 Å². The largest absolute Gasteiger partial charge is 0.391 e. The van der Waals surface area contributed by atoms with Crippen molar-refractivity contribution in [3.8, 4) is 0 Å². The zero-order valence-corrected chi connectivity index (χ0v) is 8.51. The third-order valence-electron chi connectivity index (χ3n) is 1.99.